The van der Waals surface area contributed by atoms with Crippen LogP contribution in [0.2, 0.25) is 0 Å². The first-order valence-corrected chi connectivity index (χ1v) is 6.49. The molecule has 0 N–H and O–H groups in total. The van der Waals surface area contributed by atoms with Crippen molar-refractivity contribution in [3.8, 4) is 0 Å². The van der Waals surface area contributed by atoms with E-state index >= 15 is 0 Å². The van der Waals surface area contributed by atoms with Crippen LogP contribution in [-0.2, 0) is 9.53 Å². The standard InChI is InChI=1S/C14H22O2/c1-10(14(15)16-2)12-8-7-11-5-3-4-6-13(11)9-12/h5,10,12-13H,3-4,6-9H2,1-2H3. The molecule has 0 saturated heterocycles. The van der Waals surface area contributed by atoms with Crippen molar-refractivity contribution in [2.24, 2.45) is 17.8 Å². The highest BCUT2D eigenvalue weighted by molar-refractivity contribution is 5.72. The van der Waals surface area contributed by atoms with Crippen LogP contribution in [0, 0.1) is 17.8 Å². The molecule has 3 unspecified atom stereocenters. The maximum absolute atomic E-state index is 11.5. The molecule has 0 aliphatic heterocycles. The second kappa shape index (κ2) is 5.03. The Morgan fingerprint density at radius 1 is 1.50 bits per heavy atom. The third-order valence-corrected chi connectivity index (χ3v) is 4.36. The molecular formula is C14H22O2. The molecule has 2 aliphatic rings. The van der Waals surface area contributed by atoms with Gasteiger partial charge < -0.3 is 4.74 Å². The quantitative estimate of drug-likeness (QED) is 0.529. The molecule has 0 amide bonds. The summed E-state index contributed by atoms with van der Waals surface area (Å²) in [7, 11) is 1.49. The van der Waals surface area contributed by atoms with Gasteiger partial charge in [0.1, 0.15) is 0 Å². The summed E-state index contributed by atoms with van der Waals surface area (Å²) in [5.74, 6) is 1.34. The molecular weight excluding hydrogens is 200 g/mol. The van der Waals surface area contributed by atoms with Crippen LogP contribution in [0.25, 0.3) is 0 Å². The van der Waals surface area contributed by atoms with Crippen molar-refractivity contribution in [1.82, 2.24) is 0 Å². The minimum Gasteiger partial charge on any atom is -0.469 e. The van der Waals surface area contributed by atoms with Gasteiger partial charge in [0, 0.05) is 0 Å². The van der Waals surface area contributed by atoms with E-state index in [0.29, 0.717) is 5.92 Å². The average molecular weight is 222 g/mol. The predicted molar refractivity (Wildman–Crippen MR) is 63.9 cm³/mol. The Labute approximate surface area is 98.1 Å². The van der Waals surface area contributed by atoms with E-state index in [9.17, 15) is 4.79 Å². The van der Waals surface area contributed by atoms with Crippen LogP contribution >= 0.6 is 0 Å². The smallest absolute Gasteiger partial charge is 0.308 e. The zero-order chi connectivity index (χ0) is 11.5. The van der Waals surface area contributed by atoms with Crippen LogP contribution in [-0.4, -0.2) is 13.1 Å². The fraction of sp³-hybridized carbons (Fsp3) is 0.786. The van der Waals surface area contributed by atoms with Crippen LogP contribution < -0.4 is 0 Å². The molecule has 0 spiro atoms. The average Bonchev–Trinajstić information content (AvgIpc) is 2.36. The fourth-order valence-corrected chi connectivity index (χ4v) is 3.25. The van der Waals surface area contributed by atoms with Gasteiger partial charge in [-0.2, -0.15) is 0 Å². The van der Waals surface area contributed by atoms with Crippen molar-refractivity contribution in [2.75, 3.05) is 7.11 Å². The van der Waals surface area contributed by atoms with E-state index in [1.165, 1.54) is 45.6 Å². The van der Waals surface area contributed by atoms with E-state index in [0.717, 1.165) is 5.92 Å². The minimum atomic E-state index is -0.0340. The van der Waals surface area contributed by atoms with Crippen molar-refractivity contribution in [1.29, 1.82) is 0 Å². The zero-order valence-electron chi connectivity index (χ0n) is 10.4. The number of carbonyl (C=O) groups is 1. The topological polar surface area (TPSA) is 26.3 Å². The first kappa shape index (κ1) is 11.7. The molecule has 2 nitrogen and oxygen atoms in total. The second-order valence-electron chi connectivity index (χ2n) is 5.25. The number of rotatable bonds is 2. The molecule has 1 fully saturated rings. The molecule has 2 rings (SSSR count). The summed E-state index contributed by atoms with van der Waals surface area (Å²) in [4.78, 5) is 11.5. The summed E-state index contributed by atoms with van der Waals surface area (Å²) >= 11 is 0. The van der Waals surface area contributed by atoms with Crippen LogP contribution in [0.4, 0.5) is 0 Å². The van der Waals surface area contributed by atoms with E-state index < -0.39 is 0 Å². The SMILES string of the molecule is COC(=O)C(C)C1CCC2=CCCCC2C1. The van der Waals surface area contributed by atoms with Crippen molar-refractivity contribution in [2.45, 2.75) is 45.4 Å². The van der Waals surface area contributed by atoms with E-state index in [4.69, 9.17) is 4.74 Å². The number of hydrogen-bond acceptors (Lipinski definition) is 2. The van der Waals surface area contributed by atoms with Gasteiger partial charge in [-0.15, -0.1) is 0 Å². The van der Waals surface area contributed by atoms with Crippen molar-refractivity contribution >= 4 is 5.97 Å². The summed E-state index contributed by atoms with van der Waals surface area (Å²) in [5, 5.41) is 0. The third kappa shape index (κ3) is 2.31. The van der Waals surface area contributed by atoms with Gasteiger partial charge in [-0.25, -0.2) is 0 Å². The summed E-state index contributed by atoms with van der Waals surface area (Å²) in [5.41, 5.74) is 1.67. The number of methoxy groups -OCH3 is 1. The van der Waals surface area contributed by atoms with E-state index in [-0.39, 0.29) is 11.9 Å². The zero-order valence-corrected chi connectivity index (χ0v) is 10.4. The number of ether oxygens (including phenoxy) is 1. The largest absolute Gasteiger partial charge is 0.469 e. The van der Waals surface area contributed by atoms with Crippen LogP contribution in [0.5, 0.6) is 0 Å². The highest BCUT2D eigenvalue weighted by Gasteiger charge is 2.33. The molecule has 0 bridgehead atoms. The van der Waals surface area contributed by atoms with Crippen molar-refractivity contribution in [3.63, 3.8) is 0 Å². The Morgan fingerprint density at radius 3 is 3.06 bits per heavy atom. The number of carbonyl (C=O) groups excluding carboxylic acids is 1. The Kier molecular flexibility index (Phi) is 3.67. The lowest BCUT2D eigenvalue weighted by Crippen LogP contribution is -2.29. The van der Waals surface area contributed by atoms with Gasteiger partial charge in [-0.05, 0) is 50.4 Å². The van der Waals surface area contributed by atoms with Gasteiger partial charge in [0.15, 0.2) is 0 Å². The van der Waals surface area contributed by atoms with Crippen LogP contribution in [0.3, 0.4) is 0 Å². The van der Waals surface area contributed by atoms with Gasteiger partial charge in [0.05, 0.1) is 13.0 Å². The Bertz CT molecular complexity index is 293. The second-order valence-corrected chi connectivity index (χ2v) is 5.25. The van der Waals surface area contributed by atoms with Gasteiger partial charge in [0.25, 0.3) is 0 Å². The van der Waals surface area contributed by atoms with E-state index in [2.05, 4.69) is 6.08 Å². The summed E-state index contributed by atoms with van der Waals surface area (Å²) in [6, 6.07) is 0. The Balaban J connectivity index is 1.97. The van der Waals surface area contributed by atoms with Crippen LogP contribution in [0.15, 0.2) is 11.6 Å². The Hall–Kier alpha value is -0.790. The molecule has 0 heterocycles. The van der Waals surface area contributed by atoms with Crippen LogP contribution in [0.1, 0.15) is 45.4 Å². The van der Waals surface area contributed by atoms with E-state index in [1.54, 1.807) is 5.57 Å². The molecule has 90 valence electrons. The number of esters is 1. The molecule has 16 heavy (non-hydrogen) atoms. The van der Waals surface area contributed by atoms with Crippen molar-refractivity contribution in [3.05, 3.63) is 11.6 Å². The molecule has 3 atom stereocenters. The molecule has 2 heteroatoms. The minimum absolute atomic E-state index is 0.0340. The van der Waals surface area contributed by atoms with Gasteiger partial charge in [0.2, 0.25) is 0 Å². The summed E-state index contributed by atoms with van der Waals surface area (Å²) < 4.78 is 4.85. The molecule has 0 aromatic rings. The lowest BCUT2D eigenvalue weighted by Gasteiger charge is -2.36. The maximum atomic E-state index is 11.5. The van der Waals surface area contributed by atoms with E-state index in [1.807, 2.05) is 6.92 Å². The molecule has 1 saturated carbocycles. The van der Waals surface area contributed by atoms with Gasteiger partial charge in [-0.1, -0.05) is 18.6 Å². The lowest BCUT2D eigenvalue weighted by molar-refractivity contribution is -0.147. The molecule has 2 aliphatic carbocycles. The first-order valence-electron chi connectivity index (χ1n) is 6.49. The molecule has 0 aromatic carbocycles. The normalized spacial score (nSPS) is 31.2. The number of fused-ring (bicyclic) bond motifs is 1. The highest BCUT2D eigenvalue weighted by Crippen LogP contribution is 2.42. The monoisotopic (exact) mass is 222 g/mol. The number of hydrogen-bond donors (Lipinski definition) is 0. The summed E-state index contributed by atoms with van der Waals surface area (Å²) in [6.07, 6.45) is 9.93. The van der Waals surface area contributed by atoms with Crippen molar-refractivity contribution < 1.29 is 9.53 Å². The summed E-state index contributed by atoms with van der Waals surface area (Å²) in [6.45, 7) is 2.02. The number of allylic oxidation sites excluding steroid dienone is 2. The predicted octanol–water partition coefficient (Wildman–Crippen LogP) is 3.32. The van der Waals surface area contributed by atoms with Gasteiger partial charge >= 0.3 is 5.97 Å². The highest BCUT2D eigenvalue weighted by atomic mass is 16.5. The molecule has 0 radical (unpaired) electrons. The first-order chi connectivity index (χ1) is 7.72. The lowest BCUT2D eigenvalue weighted by atomic mass is 9.70. The maximum Gasteiger partial charge on any atom is 0.308 e. The third-order valence-electron chi connectivity index (χ3n) is 4.36. The molecule has 0 aromatic heterocycles. The fourth-order valence-electron chi connectivity index (χ4n) is 3.25. The Morgan fingerprint density at radius 2 is 2.31 bits per heavy atom. The van der Waals surface area contributed by atoms with Gasteiger partial charge in [-0.3, -0.25) is 4.79 Å².